The van der Waals surface area contributed by atoms with Gasteiger partial charge in [0.05, 0.1) is 6.04 Å². The Kier molecular flexibility index (Phi) is 8.93. The predicted octanol–water partition coefficient (Wildman–Crippen LogP) is 2.41. The molecule has 2 atom stereocenters. The van der Waals surface area contributed by atoms with Crippen molar-refractivity contribution in [3.8, 4) is 0 Å². The minimum Gasteiger partial charge on any atom is -0.396 e. The minimum atomic E-state index is -0.0306. The van der Waals surface area contributed by atoms with Crippen LogP contribution in [0.15, 0.2) is 0 Å². The Balaban J connectivity index is 2.39. The molecule has 4 heteroatoms. The van der Waals surface area contributed by atoms with E-state index in [1.54, 1.807) is 0 Å². The van der Waals surface area contributed by atoms with Crippen molar-refractivity contribution in [3.05, 3.63) is 0 Å². The van der Waals surface area contributed by atoms with Crippen LogP contribution in [0.4, 0.5) is 0 Å². The first-order valence-corrected chi connectivity index (χ1v) is 8.67. The highest BCUT2D eigenvalue weighted by molar-refractivity contribution is 5.81. The Bertz CT molecular complexity index is 287. The standard InChI is InChI=1S/C17H34N2O2/c1-14(2)12-16(8-11-20)13-18-17(21)15(3)19-9-6-4-5-7-10-19/h14-16,20H,4-13H2,1-3H3,(H,18,21). The molecule has 1 saturated heterocycles. The second kappa shape index (κ2) is 10.2. The normalized spacial score (nSPS) is 20.0. The van der Waals surface area contributed by atoms with Crippen molar-refractivity contribution >= 4 is 5.91 Å². The van der Waals surface area contributed by atoms with E-state index in [-0.39, 0.29) is 18.6 Å². The van der Waals surface area contributed by atoms with Gasteiger partial charge in [0, 0.05) is 13.2 Å². The maximum atomic E-state index is 12.3. The summed E-state index contributed by atoms with van der Waals surface area (Å²) in [6, 6.07) is -0.0306. The molecule has 0 saturated carbocycles. The molecule has 1 rings (SSSR count). The number of aliphatic hydroxyl groups is 1. The number of nitrogens with zero attached hydrogens (tertiary/aromatic N) is 1. The van der Waals surface area contributed by atoms with Gasteiger partial charge in [0.2, 0.25) is 5.91 Å². The Labute approximate surface area is 130 Å². The van der Waals surface area contributed by atoms with Gasteiger partial charge in [-0.3, -0.25) is 9.69 Å². The topological polar surface area (TPSA) is 52.6 Å². The van der Waals surface area contributed by atoms with Crippen molar-refractivity contribution < 1.29 is 9.90 Å². The summed E-state index contributed by atoms with van der Waals surface area (Å²) in [4.78, 5) is 14.6. The van der Waals surface area contributed by atoms with Gasteiger partial charge in [0.25, 0.3) is 0 Å². The van der Waals surface area contributed by atoms with E-state index in [9.17, 15) is 4.79 Å². The van der Waals surface area contributed by atoms with E-state index >= 15 is 0 Å². The van der Waals surface area contributed by atoms with Crippen molar-refractivity contribution in [3.63, 3.8) is 0 Å². The van der Waals surface area contributed by atoms with Crippen LogP contribution in [0.1, 0.15) is 59.3 Å². The molecule has 1 heterocycles. The fourth-order valence-corrected chi connectivity index (χ4v) is 3.19. The van der Waals surface area contributed by atoms with Crippen LogP contribution < -0.4 is 5.32 Å². The maximum absolute atomic E-state index is 12.3. The number of likely N-dealkylation sites (tertiary alicyclic amines) is 1. The fourth-order valence-electron chi connectivity index (χ4n) is 3.19. The quantitative estimate of drug-likeness (QED) is 0.723. The molecule has 1 aliphatic rings. The summed E-state index contributed by atoms with van der Waals surface area (Å²) in [5, 5.41) is 12.2. The van der Waals surface area contributed by atoms with Crippen LogP contribution in [0.5, 0.6) is 0 Å². The molecule has 2 unspecified atom stereocenters. The van der Waals surface area contributed by atoms with Gasteiger partial charge in [-0.05, 0) is 57.5 Å². The number of hydrogen-bond acceptors (Lipinski definition) is 3. The molecular weight excluding hydrogens is 264 g/mol. The van der Waals surface area contributed by atoms with E-state index in [1.165, 1.54) is 25.7 Å². The molecule has 0 aliphatic carbocycles. The van der Waals surface area contributed by atoms with Crippen LogP contribution in [-0.2, 0) is 4.79 Å². The lowest BCUT2D eigenvalue weighted by Gasteiger charge is -2.27. The Morgan fingerprint density at radius 2 is 1.76 bits per heavy atom. The smallest absolute Gasteiger partial charge is 0.237 e. The molecule has 21 heavy (non-hydrogen) atoms. The summed E-state index contributed by atoms with van der Waals surface area (Å²) < 4.78 is 0. The van der Waals surface area contributed by atoms with Gasteiger partial charge in [-0.25, -0.2) is 0 Å². The molecule has 0 aromatic carbocycles. The molecule has 0 spiro atoms. The van der Waals surface area contributed by atoms with Gasteiger partial charge in [0.1, 0.15) is 0 Å². The third kappa shape index (κ3) is 7.28. The molecule has 4 nitrogen and oxygen atoms in total. The number of carbonyl (C=O) groups excluding carboxylic acids is 1. The van der Waals surface area contributed by atoms with Gasteiger partial charge in [-0.15, -0.1) is 0 Å². The summed E-state index contributed by atoms with van der Waals surface area (Å²) in [7, 11) is 0. The second-order valence-corrected chi connectivity index (χ2v) is 6.88. The highest BCUT2D eigenvalue weighted by atomic mass is 16.3. The van der Waals surface area contributed by atoms with Gasteiger partial charge >= 0.3 is 0 Å². The molecule has 1 fully saturated rings. The van der Waals surface area contributed by atoms with Crippen LogP contribution in [0.25, 0.3) is 0 Å². The molecule has 2 N–H and O–H groups in total. The second-order valence-electron chi connectivity index (χ2n) is 6.88. The average molecular weight is 298 g/mol. The van der Waals surface area contributed by atoms with E-state index in [0.717, 1.165) is 25.9 Å². The Hall–Kier alpha value is -0.610. The van der Waals surface area contributed by atoms with Gasteiger partial charge < -0.3 is 10.4 Å². The number of nitrogens with one attached hydrogen (secondary N) is 1. The number of aliphatic hydroxyl groups excluding tert-OH is 1. The zero-order chi connectivity index (χ0) is 15.7. The fraction of sp³-hybridized carbons (Fsp3) is 0.941. The average Bonchev–Trinajstić information content (AvgIpc) is 2.72. The first-order chi connectivity index (χ1) is 10.0. The molecule has 0 aromatic rings. The van der Waals surface area contributed by atoms with Crippen molar-refractivity contribution in [1.82, 2.24) is 10.2 Å². The lowest BCUT2D eigenvalue weighted by atomic mass is 9.94. The first-order valence-electron chi connectivity index (χ1n) is 8.67. The van der Waals surface area contributed by atoms with Crippen LogP contribution in [0.2, 0.25) is 0 Å². The van der Waals surface area contributed by atoms with Crippen molar-refractivity contribution in [1.29, 1.82) is 0 Å². The van der Waals surface area contributed by atoms with Crippen LogP contribution in [-0.4, -0.2) is 48.2 Å². The maximum Gasteiger partial charge on any atom is 0.237 e. The zero-order valence-corrected chi connectivity index (χ0v) is 14.1. The number of amides is 1. The van der Waals surface area contributed by atoms with E-state index in [1.807, 2.05) is 6.92 Å². The summed E-state index contributed by atoms with van der Waals surface area (Å²) in [5.74, 6) is 1.13. The summed E-state index contributed by atoms with van der Waals surface area (Å²) in [6.07, 6.45) is 6.82. The largest absolute Gasteiger partial charge is 0.396 e. The molecule has 1 amide bonds. The number of hydrogen-bond donors (Lipinski definition) is 2. The van der Waals surface area contributed by atoms with Gasteiger partial charge in [-0.1, -0.05) is 26.7 Å². The third-order valence-electron chi connectivity index (χ3n) is 4.47. The lowest BCUT2D eigenvalue weighted by Crippen LogP contribution is -2.46. The summed E-state index contributed by atoms with van der Waals surface area (Å²) in [6.45, 7) is 9.37. The van der Waals surface area contributed by atoms with Gasteiger partial charge in [-0.2, -0.15) is 0 Å². The molecule has 0 bridgehead atoms. The van der Waals surface area contributed by atoms with E-state index in [0.29, 0.717) is 18.4 Å². The minimum absolute atomic E-state index is 0.0306. The number of rotatable bonds is 8. The molecule has 1 aliphatic heterocycles. The lowest BCUT2D eigenvalue weighted by molar-refractivity contribution is -0.126. The van der Waals surface area contributed by atoms with Crippen LogP contribution in [0.3, 0.4) is 0 Å². The zero-order valence-electron chi connectivity index (χ0n) is 14.1. The van der Waals surface area contributed by atoms with Gasteiger partial charge in [0.15, 0.2) is 0 Å². The molecule has 0 radical (unpaired) electrons. The molecular formula is C17H34N2O2. The van der Waals surface area contributed by atoms with E-state index in [4.69, 9.17) is 5.11 Å². The number of carbonyl (C=O) groups is 1. The van der Waals surface area contributed by atoms with E-state index < -0.39 is 0 Å². The van der Waals surface area contributed by atoms with Crippen LogP contribution in [0, 0.1) is 11.8 Å². The molecule has 124 valence electrons. The summed E-state index contributed by atoms with van der Waals surface area (Å²) in [5.41, 5.74) is 0. The van der Waals surface area contributed by atoms with E-state index in [2.05, 4.69) is 24.1 Å². The van der Waals surface area contributed by atoms with Crippen molar-refractivity contribution in [2.45, 2.75) is 65.3 Å². The Morgan fingerprint density at radius 3 is 2.29 bits per heavy atom. The SMILES string of the molecule is CC(C)CC(CCO)CNC(=O)C(C)N1CCCCCC1. The van der Waals surface area contributed by atoms with Crippen molar-refractivity contribution in [2.24, 2.45) is 11.8 Å². The highest BCUT2D eigenvalue weighted by Gasteiger charge is 2.22. The summed E-state index contributed by atoms with van der Waals surface area (Å²) >= 11 is 0. The molecule has 0 aromatic heterocycles. The van der Waals surface area contributed by atoms with Crippen LogP contribution >= 0.6 is 0 Å². The Morgan fingerprint density at radius 1 is 1.14 bits per heavy atom. The first kappa shape index (κ1) is 18.4. The van der Waals surface area contributed by atoms with Crippen molar-refractivity contribution in [2.75, 3.05) is 26.2 Å². The monoisotopic (exact) mass is 298 g/mol. The third-order valence-corrected chi connectivity index (χ3v) is 4.47. The highest BCUT2D eigenvalue weighted by Crippen LogP contribution is 2.15. The predicted molar refractivity (Wildman–Crippen MR) is 87.2 cm³/mol.